The van der Waals surface area contributed by atoms with Crippen LogP contribution in [0.4, 0.5) is 0 Å². The maximum Gasteiger partial charge on any atom is 0.397 e. The smallest absolute Gasteiger partial charge is 0.388 e. The van der Waals surface area contributed by atoms with Crippen LogP contribution in [0, 0.1) is 0 Å². The summed E-state index contributed by atoms with van der Waals surface area (Å²) in [6.45, 7) is 6.08. The molecule has 10 nitrogen and oxygen atoms in total. The van der Waals surface area contributed by atoms with Crippen molar-refractivity contribution in [2.45, 2.75) is 219 Å². The minimum absolute atomic E-state index is 0.0376. The van der Waals surface area contributed by atoms with Gasteiger partial charge in [0.15, 0.2) is 0 Å². The van der Waals surface area contributed by atoms with Gasteiger partial charge >= 0.3 is 10.4 Å². The van der Waals surface area contributed by atoms with E-state index in [4.69, 9.17) is 18.4 Å². The lowest BCUT2D eigenvalue weighted by atomic mass is 10.0. The van der Waals surface area contributed by atoms with E-state index in [1.165, 1.54) is 160 Å². The molecule has 2 unspecified atom stereocenters. The van der Waals surface area contributed by atoms with Crippen molar-refractivity contribution in [2.75, 3.05) is 33.0 Å². The summed E-state index contributed by atoms with van der Waals surface area (Å²) in [7, 11) is -4.71. The van der Waals surface area contributed by atoms with Gasteiger partial charge in [-0.25, -0.2) is 9.17 Å². The molecule has 0 aromatic carbocycles. The SMILES string of the molecule is CCCCCCCCCCCCCCCCOCC(COCC(Cn1ccnc1CO)OS(=O)(=O)O)OCCCCCCCCCCCCCCCC. The fourth-order valence-corrected chi connectivity index (χ4v) is 7.26. The molecule has 53 heavy (non-hydrogen) atoms. The zero-order valence-corrected chi connectivity index (χ0v) is 35.0. The molecule has 0 saturated carbocycles. The van der Waals surface area contributed by atoms with Crippen molar-refractivity contribution in [3.05, 3.63) is 18.2 Å². The molecule has 1 rings (SSSR count). The minimum Gasteiger partial charge on any atom is -0.388 e. The van der Waals surface area contributed by atoms with E-state index >= 15 is 0 Å². The zero-order valence-electron chi connectivity index (χ0n) is 34.2. The van der Waals surface area contributed by atoms with Gasteiger partial charge in [0.1, 0.15) is 24.6 Å². The lowest BCUT2D eigenvalue weighted by Gasteiger charge is -2.21. The van der Waals surface area contributed by atoms with Crippen molar-refractivity contribution in [2.24, 2.45) is 0 Å². The van der Waals surface area contributed by atoms with Gasteiger partial charge in [0.2, 0.25) is 0 Å². The van der Waals surface area contributed by atoms with Crippen LogP contribution in [0.15, 0.2) is 12.4 Å². The number of imidazole rings is 1. The van der Waals surface area contributed by atoms with E-state index in [-0.39, 0.29) is 32.5 Å². The highest BCUT2D eigenvalue weighted by atomic mass is 32.3. The second-order valence-electron chi connectivity index (χ2n) is 15.1. The Kier molecular flexibility index (Phi) is 34.4. The van der Waals surface area contributed by atoms with Gasteiger partial charge in [-0.15, -0.1) is 0 Å². The number of aliphatic hydroxyl groups excluding tert-OH is 1. The van der Waals surface area contributed by atoms with Crippen LogP contribution in [-0.4, -0.2) is 72.9 Å². The molecule has 1 aromatic rings. The van der Waals surface area contributed by atoms with Crippen LogP contribution in [0.1, 0.15) is 199 Å². The predicted octanol–water partition coefficient (Wildman–Crippen LogP) is 10.9. The standard InChI is InChI=1S/C42H82N2O8S/c1-3-5-7-9-11-13-15-17-19-21-23-25-27-29-33-49-38-41(51-34-30-28-26-24-22-20-18-16-14-12-10-8-6-4-2)39-50-37-40(52-53(46,47)48)35-44-32-31-43-42(44)36-45/h31-32,40-41,45H,3-30,33-39H2,1-2H3,(H,46,47,48). The van der Waals surface area contributed by atoms with Crippen molar-refractivity contribution >= 4 is 10.4 Å². The zero-order chi connectivity index (χ0) is 38.5. The molecule has 0 amide bonds. The summed E-state index contributed by atoms with van der Waals surface area (Å²) >= 11 is 0. The Bertz CT molecular complexity index is 1010. The second kappa shape index (κ2) is 36.6. The number of aliphatic hydroxyl groups is 1. The van der Waals surface area contributed by atoms with Gasteiger partial charge in [0, 0.05) is 25.6 Å². The van der Waals surface area contributed by atoms with Crippen molar-refractivity contribution in [1.82, 2.24) is 9.55 Å². The highest BCUT2D eigenvalue weighted by Gasteiger charge is 2.21. The Morgan fingerprint density at radius 2 is 0.981 bits per heavy atom. The van der Waals surface area contributed by atoms with E-state index < -0.39 is 16.5 Å². The quantitative estimate of drug-likeness (QED) is 0.0492. The molecule has 0 aliphatic heterocycles. The highest BCUT2D eigenvalue weighted by Crippen LogP contribution is 2.15. The summed E-state index contributed by atoms with van der Waals surface area (Å²) in [6.07, 6.45) is 38.5. The third kappa shape index (κ3) is 32.8. The fourth-order valence-electron chi connectivity index (χ4n) is 6.80. The Morgan fingerprint density at radius 1 is 0.585 bits per heavy atom. The Hall–Kier alpha value is -1.08. The van der Waals surface area contributed by atoms with Crippen LogP contribution in [-0.2, 0) is 41.9 Å². The topological polar surface area (TPSA) is 129 Å². The maximum absolute atomic E-state index is 11.5. The van der Waals surface area contributed by atoms with E-state index in [0.717, 1.165) is 25.7 Å². The first-order valence-electron chi connectivity index (χ1n) is 21.9. The molecule has 0 spiro atoms. The normalized spacial score (nSPS) is 13.2. The van der Waals surface area contributed by atoms with E-state index in [1.54, 1.807) is 10.8 Å². The number of aromatic nitrogens is 2. The van der Waals surface area contributed by atoms with Crippen LogP contribution in [0.2, 0.25) is 0 Å². The monoisotopic (exact) mass is 775 g/mol. The van der Waals surface area contributed by atoms with Crippen LogP contribution in [0.25, 0.3) is 0 Å². The van der Waals surface area contributed by atoms with Crippen molar-refractivity contribution in [1.29, 1.82) is 0 Å². The minimum atomic E-state index is -4.71. The predicted molar refractivity (Wildman–Crippen MR) is 217 cm³/mol. The van der Waals surface area contributed by atoms with Crippen LogP contribution in [0.5, 0.6) is 0 Å². The van der Waals surface area contributed by atoms with Crippen LogP contribution in [0.3, 0.4) is 0 Å². The largest absolute Gasteiger partial charge is 0.397 e. The first kappa shape index (κ1) is 49.9. The van der Waals surface area contributed by atoms with Gasteiger partial charge in [0.25, 0.3) is 0 Å². The fraction of sp³-hybridized carbons (Fsp3) is 0.929. The molecular formula is C42H82N2O8S. The number of hydrogen-bond donors (Lipinski definition) is 2. The van der Waals surface area contributed by atoms with Gasteiger partial charge in [-0.3, -0.25) is 4.55 Å². The number of nitrogens with zero attached hydrogens (tertiary/aromatic N) is 2. The average Bonchev–Trinajstić information content (AvgIpc) is 3.59. The molecule has 1 aromatic heterocycles. The van der Waals surface area contributed by atoms with Crippen molar-refractivity contribution < 1.29 is 36.5 Å². The molecule has 2 atom stereocenters. The molecular weight excluding hydrogens is 693 g/mol. The first-order valence-corrected chi connectivity index (χ1v) is 23.3. The maximum atomic E-state index is 11.5. The number of unbranched alkanes of at least 4 members (excludes halogenated alkanes) is 26. The van der Waals surface area contributed by atoms with Crippen LogP contribution >= 0.6 is 0 Å². The molecule has 11 heteroatoms. The van der Waals surface area contributed by atoms with E-state index in [0.29, 0.717) is 25.6 Å². The lowest BCUT2D eigenvalue weighted by Crippen LogP contribution is -2.32. The number of hydrogen-bond acceptors (Lipinski definition) is 8. The molecule has 0 radical (unpaired) electrons. The second-order valence-corrected chi connectivity index (χ2v) is 16.1. The van der Waals surface area contributed by atoms with Gasteiger partial charge in [0.05, 0.1) is 26.4 Å². The Morgan fingerprint density at radius 3 is 1.42 bits per heavy atom. The summed E-state index contributed by atoms with van der Waals surface area (Å²) in [5.41, 5.74) is 0. The third-order valence-corrected chi connectivity index (χ3v) is 10.5. The summed E-state index contributed by atoms with van der Waals surface area (Å²) < 4.78 is 56.9. The number of rotatable bonds is 42. The molecule has 0 bridgehead atoms. The lowest BCUT2D eigenvalue weighted by molar-refractivity contribution is -0.0720. The van der Waals surface area contributed by atoms with E-state index in [2.05, 4.69) is 18.8 Å². The Balaban J connectivity index is 2.33. The van der Waals surface area contributed by atoms with Crippen molar-refractivity contribution in [3.8, 4) is 0 Å². The van der Waals surface area contributed by atoms with Gasteiger partial charge in [-0.1, -0.05) is 181 Å². The molecule has 0 fully saturated rings. The average molecular weight is 775 g/mol. The summed E-state index contributed by atoms with van der Waals surface area (Å²) in [4.78, 5) is 4.04. The third-order valence-electron chi connectivity index (χ3n) is 10.0. The molecule has 2 N–H and O–H groups in total. The molecule has 314 valence electrons. The highest BCUT2D eigenvalue weighted by molar-refractivity contribution is 7.80. The molecule has 1 heterocycles. The molecule has 0 aliphatic rings. The van der Waals surface area contributed by atoms with Gasteiger partial charge in [-0.2, -0.15) is 8.42 Å². The van der Waals surface area contributed by atoms with Crippen molar-refractivity contribution in [3.63, 3.8) is 0 Å². The Labute approximate surface area is 325 Å². The van der Waals surface area contributed by atoms with Crippen LogP contribution < -0.4 is 0 Å². The first-order chi connectivity index (χ1) is 25.9. The number of ether oxygens (including phenoxy) is 3. The molecule has 0 saturated heterocycles. The molecule has 0 aliphatic carbocycles. The van der Waals surface area contributed by atoms with Gasteiger partial charge < -0.3 is 23.9 Å². The van der Waals surface area contributed by atoms with Gasteiger partial charge in [-0.05, 0) is 12.8 Å². The summed E-state index contributed by atoms with van der Waals surface area (Å²) in [5, 5.41) is 9.52. The van der Waals surface area contributed by atoms with E-state index in [9.17, 15) is 18.1 Å². The summed E-state index contributed by atoms with van der Waals surface area (Å²) in [5.74, 6) is 0.361. The van der Waals surface area contributed by atoms with E-state index in [1.807, 2.05) is 0 Å². The summed E-state index contributed by atoms with van der Waals surface area (Å²) in [6, 6.07) is 0.